The zero-order valence-electron chi connectivity index (χ0n) is 9.56. The lowest BCUT2D eigenvalue weighted by molar-refractivity contribution is 0.230. The Kier molecular flexibility index (Phi) is 4.71. The average molecular weight is 246 g/mol. The van der Waals surface area contributed by atoms with Crippen molar-refractivity contribution in [3.8, 4) is 0 Å². The number of nitrogens with one attached hydrogen (secondary N) is 1. The van der Waals surface area contributed by atoms with Crippen LogP contribution in [0.1, 0.15) is 25.8 Å². The molecule has 0 amide bonds. The Morgan fingerprint density at radius 2 is 2.06 bits per heavy atom. The van der Waals surface area contributed by atoms with E-state index in [1.807, 2.05) is 13.8 Å². The van der Waals surface area contributed by atoms with E-state index in [2.05, 4.69) is 5.32 Å². The van der Waals surface area contributed by atoms with Gasteiger partial charge in [-0.25, -0.2) is 4.39 Å². The van der Waals surface area contributed by atoms with E-state index in [0.717, 1.165) is 5.56 Å². The molecule has 1 aromatic rings. The zero-order chi connectivity index (χ0) is 12.2. The van der Waals surface area contributed by atoms with Crippen LogP contribution in [0.25, 0.3) is 0 Å². The van der Waals surface area contributed by atoms with E-state index in [-0.39, 0.29) is 18.0 Å². The van der Waals surface area contributed by atoms with Crippen LogP contribution in [0.5, 0.6) is 0 Å². The Balaban J connectivity index is 2.60. The van der Waals surface area contributed by atoms with Gasteiger partial charge in [-0.15, -0.1) is 0 Å². The van der Waals surface area contributed by atoms with Gasteiger partial charge in [-0.1, -0.05) is 11.6 Å². The minimum atomic E-state index is -0.329. The van der Waals surface area contributed by atoms with E-state index < -0.39 is 0 Å². The highest BCUT2D eigenvalue weighted by atomic mass is 35.5. The molecule has 0 saturated heterocycles. The summed E-state index contributed by atoms with van der Waals surface area (Å²) in [6.07, 6.45) is 0.649. The zero-order valence-corrected chi connectivity index (χ0v) is 10.3. The molecule has 4 heteroatoms. The maximum absolute atomic E-state index is 13.0. The van der Waals surface area contributed by atoms with Crippen LogP contribution < -0.4 is 5.32 Å². The van der Waals surface area contributed by atoms with Gasteiger partial charge in [0.25, 0.3) is 0 Å². The Morgan fingerprint density at radius 3 is 2.62 bits per heavy atom. The van der Waals surface area contributed by atoms with Crippen molar-refractivity contribution in [2.45, 2.75) is 32.4 Å². The Hall–Kier alpha value is -0.640. The highest BCUT2D eigenvalue weighted by Crippen LogP contribution is 2.15. The molecule has 2 nitrogen and oxygen atoms in total. The van der Waals surface area contributed by atoms with Crippen molar-refractivity contribution in [3.05, 3.63) is 34.6 Å². The first-order valence-corrected chi connectivity index (χ1v) is 5.61. The van der Waals surface area contributed by atoms with E-state index in [9.17, 15) is 4.39 Å². The number of benzene rings is 1. The van der Waals surface area contributed by atoms with Gasteiger partial charge in [0, 0.05) is 23.7 Å². The quantitative estimate of drug-likeness (QED) is 0.836. The van der Waals surface area contributed by atoms with Crippen molar-refractivity contribution in [2.24, 2.45) is 0 Å². The molecule has 1 rings (SSSR count). The second kappa shape index (κ2) is 5.62. The summed E-state index contributed by atoms with van der Waals surface area (Å²) in [4.78, 5) is 0. The molecule has 1 aromatic carbocycles. The summed E-state index contributed by atoms with van der Waals surface area (Å²) in [5, 5.41) is 12.5. The van der Waals surface area contributed by atoms with E-state index >= 15 is 0 Å². The highest BCUT2D eigenvalue weighted by molar-refractivity contribution is 6.30. The molecule has 0 aromatic heterocycles. The van der Waals surface area contributed by atoms with Gasteiger partial charge in [-0.3, -0.25) is 0 Å². The third-order valence-corrected chi connectivity index (χ3v) is 2.65. The first-order valence-electron chi connectivity index (χ1n) is 5.24. The third kappa shape index (κ3) is 4.47. The minimum Gasteiger partial charge on any atom is -0.396 e. The molecule has 0 saturated carbocycles. The number of hydrogen-bond acceptors (Lipinski definition) is 2. The van der Waals surface area contributed by atoms with Crippen molar-refractivity contribution >= 4 is 11.6 Å². The summed E-state index contributed by atoms with van der Waals surface area (Å²) in [6.45, 7) is 4.64. The lowest BCUT2D eigenvalue weighted by atomic mass is 10.0. The monoisotopic (exact) mass is 245 g/mol. The molecule has 2 N–H and O–H groups in total. The summed E-state index contributed by atoms with van der Waals surface area (Å²) in [6, 6.07) is 4.46. The lowest BCUT2D eigenvalue weighted by Crippen LogP contribution is -2.39. The van der Waals surface area contributed by atoms with Gasteiger partial charge < -0.3 is 10.4 Å². The summed E-state index contributed by atoms with van der Waals surface area (Å²) in [5.41, 5.74) is 0.629. The molecule has 0 fully saturated rings. The van der Waals surface area contributed by atoms with Crippen molar-refractivity contribution in [1.82, 2.24) is 5.32 Å². The van der Waals surface area contributed by atoms with Crippen molar-refractivity contribution in [2.75, 3.05) is 6.61 Å². The highest BCUT2D eigenvalue weighted by Gasteiger charge is 2.15. The van der Waals surface area contributed by atoms with Crippen molar-refractivity contribution < 1.29 is 9.50 Å². The maximum Gasteiger partial charge on any atom is 0.125 e. The smallest absolute Gasteiger partial charge is 0.125 e. The maximum atomic E-state index is 13.0. The fraction of sp³-hybridized carbons (Fsp3) is 0.500. The first-order chi connectivity index (χ1) is 7.43. The molecule has 0 aliphatic carbocycles. The molecule has 0 unspecified atom stereocenters. The van der Waals surface area contributed by atoms with Gasteiger partial charge in [-0.05, 0) is 44.0 Å². The van der Waals surface area contributed by atoms with Crippen LogP contribution in [-0.2, 0) is 6.54 Å². The Labute approximate surface area is 100 Å². The Bertz CT molecular complexity index is 335. The van der Waals surface area contributed by atoms with Crippen LogP contribution in [-0.4, -0.2) is 17.3 Å². The molecule has 0 heterocycles. The second-order valence-electron chi connectivity index (χ2n) is 4.49. The average Bonchev–Trinajstić information content (AvgIpc) is 2.13. The van der Waals surface area contributed by atoms with Crippen LogP contribution in [0.4, 0.5) is 4.39 Å². The first kappa shape index (κ1) is 13.4. The molecule has 0 spiro atoms. The normalized spacial score (nSPS) is 11.8. The third-order valence-electron chi connectivity index (χ3n) is 2.43. The van der Waals surface area contributed by atoms with E-state index in [1.54, 1.807) is 6.07 Å². The number of aliphatic hydroxyl groups excluding tert-OH is 1. The summed E-state index contributed by atoms with van der Waals surface area (Å²) >= 11 is 5.75. The summed E-state index contributed by atoms with van der Waals surface area (Å²) in [7, 11) is 0. The van der Waals surface area contributed by atoms with Crippen molar-refractivity contribution in [3.63, 3.8) is 0 Å². The summed E-state index contributed by atoms with van der Waals surface area (Å²) < 4.78 is 13.0. The second-order valence-corrected chi connectivity index (χ2v) is 4.93. The molecule has 16 heavy (non-hydrogen) atoms. The lowest BCUT2D eigenvalue weighted by Gasteiger charge is -2.25. The number of rotatable bonds is 5. The molecule has 0 atom stereocenters. The van der Waals surface area contributed by atoms with Gasteiger partial charge in [0.1, 0.15) is 5.82 Å². The largest absolute Gasteiger partial charge is 0.396 e. The molecule has 90 valence electrons. The van der Waals surface area contributed by atoms with Crippen LogP contribution in [0.15, 0.2) is 18.2 Å². The van der Waals surface area contributed by atoms with Gasteiger partial charge in [0.05, 0.1) is 0 Å². The predicted octanol–water partition coefficient (Wildman–Crippen LogP) is 2.73. The minimum absolute atomic E-state index is 0.129. The van der Waals surface area contributed by atoms with Crippen LogP contribution in [0.2, 0.25) is 5.02 Å². The van der Waals surface area contributed by atoms with Gasteiger partial charge >= 0.3 is 0 Å². The fourth-order valence-electron chi connectivity index (χ4n) is 1.42. The molecule has 0 aliphatic heterocycles. The Morgan fingerprint density at radius 1 is 1.38 bits per heavy atom. The van der Waals surface area contributed by atoms with E-state index in [1.165, 1.54) is 12.1 Å². The topological polar surface area (TPSA) is 32.3 Å². The van der Waals surface area contributed by atoms with Crippen LogP contribution in [0, 0.1) is 5.82 Å². The van der Waals surface area contributed by atoms with E-state index in [4.69, 9.17) is 16.7 Å². The van der Waals surface area contributed by atoms with Crippen molar-refractivity contribution in [1.29, 1.82) is 0 Å². The SMILES string of the molecule is CC(C)(CCO)NCc1cc(F)cc(Cl)c1. The van der Waals surface area contributed by atoms with E-state index in [0.29, 0.717) is 18.0 Å². The molecule has 0 aliphatic rings. The van der Waals surface area contributed by atoms with Gasteiger partial charge in [0.15, 0.2) is 0 Å². The predicted molar refractivity (Wildman–Crippen MR) is 64.0 cm³/mol. The fourth-order valence-corrected chi connectivity index (χ4v) is 1.67. The summed E-state index contributed by atoms with van der Waals surface area (Å²) in [5.74, 6) is -0.329. The number of halogens is 2. The molecule has 0 radical (unpaired) electrons. The molecular weight excluding hydrogens is 229 g/mol. The molecular formula is C12H17ClFNO. The van der Waals surface area contributed by atoms with Gasteiger partial charge in [-0.2, -0.15) is 0 Å². The van der Waals surface area contributed by atoms with Gasteiger partial charge in [0.2, 0.25) is 0 Å². The molecule has 0 bridgehead atoms. The number of hydrogen-bond donors (Lipinski definition) is 2. The standard InChI is InChI=1S/C12H17ClFNO/c1-12(2,3-4-16)15-8-9-5-10(13)7-11(14)6-9/h5-7,15-16H,3-4,8H2,1-2H3. The van der Waals surface area contributed by atoms with Crippen LogP contribution >= 0.6 is 11.6 Å². The van der Waals surface area contributed by atoms with Crippen LogP contribution in [0.3, 0.4) is 0 Å². The number of aliphatic hydroxyl groups is 1.